The number of carbonyl (C=O) groups excluding carboxylic acids is 1. The number of fused-ring (bicyclic) bond motifs is 1. The molecular formula is C25H22N2O4S. The van der Waals surface area contributed by atoms with E-state index in [1.807, 2.05) is 30.3 Å². The van der Waals surface area contributed by atoms with Crippen LogP contribution in [-0.4, -0.2) is 28.0 Å². The highest BCUT2D eigenvalue weighted by Gasteiger charge is 2.40. The lowest BCUT2D eigenvalue weighted by Gasteiger charge is -2.32. The topological polar surface area (TPSA) is 75.7 Å². The van der Waals surface area contributed by atoms with Crippen molar-refractivity contribution in [3.8, 4) is 5.75 Å². The second kappa shape index (κ2) is 8.72. The van der Waals surface area contributed by atoms with Crippen LogP contribution in [0.5, 0.6) is 5.75 Å². The molecule has 0 bridgehead atoms. The first-order valence-corrected chi connectivity index (χ1v) is 11.4. The number of para-hydroxylation sites is 1. The first kappa shape index (κ1) is 21.4. The van der Waals surface area contributed by atoms with Crippen LogP contribution in [0.1, 0.15) is 11.1 Å². The Morgan fingerprint density at radius 1 is 1.00 bits per heavy atom. The zero-order valence-corrected chi connectivity index (χ0v) is 18.3. The van der Waals surface area contributed by atoms with Crippen molar-refractivity contribution in [1.82, 2.24) is 0 Å². The van der Waals surface area contributed by atoms with Crippen molar-refractivity contribution in [2.24, 2.45) is 0 Å². The molecule has 0 fully saturated rings. The van der Waals surface area contributed by atoms with Crippen LogP contribution in [0.4, 0.5) is 11.4 Å². The SMILES string of the molecule is C=CCN1c2ccccc2C(c2ccccc2)=C(C(=O)Nc2ccc(OC)cc2)S1(=O)=O. The van der Waals surface area contributed by atoms with Gasteiger partial charge in [-0.25, -0.2) is 8.42 Å². The highest BCUT2D eigenvalue weighted by Crippen LogP contribution is 2.42. The van der Waals surface area contributed by atoms with Crippen LogP contribution in [0.15, 0.2) is 96.4 Å². The standard InChI is InChI=1S/C25H22N2O4S/c1-3-17-27-22-12-8-7-11-21(22)23(18-9-5-4-6-10-18)24(32(27,29)30)25(28)26-19-13-15-20(31-2)16-14-19/h3-16H,1,17H2,2H3,(H,26,28). The van der Waals surface area contributed by atoms with Crippen molar-refractivity contribution in [2.75, 3.05) is 23.3 Å². The fourth-order valence-corrected chi connectivity index (χ4v) is 5.40. The maximum absolute atomic E-state index is 13.7. The summed E-state index contributed by atoms with van der Waals surface area (Å²) >= 11 is 0. The van der Waals surface area contributed by atoms with Gasteiger partial charge in [-0.2, -0.15) is 0 Å². The first-order valence-electron chi connectivity index (χ1n) is 9.95. The maximum Gasteiger partial charge on any atom is 0.270 e. The largest absolute Gasteiger partial charge is 0.497 e. The molecule has 3 aromatic rings. The molecule has 0 aliphatic carbocycles. The first-order chi connectivity index (χ1) is 15.5. The zero-order valence-electron chi connectivity index (χ0n) is 17.5. The summed E-state index contributed by atoms with van der Waals surface area (Å²) in [7, 11) is -2.62. The Balaban J connectivity index is 1.93. The molecule has 0 spiro atoms. The molecule has 162 valence electrons. The average Bonchev–Trinajstić information content (AvgIpc) is 2.81. The zero-order chi connectivity index (χ0) is 22.7. The number of rotatable bonds is 6. The summed E-state index contributed by atoms with van der Waals surface area (Å²) in [5.74, 6) is -0.0823. The van der Waals surface area contributed by atoms with Crippen LogP contribution < -0.4 is 14.4 Å². The van der Waals surface area contributed by atoms with Gasteiger partial charge in [-0.3, -0.25) is 9.10 Å². The second-order valence-corrected chi connectivity index (χ2v) is 8.89. The van der Waals surface area contributed by atoms with Crippen LogP contribution in [0.2, 0.25) is 0 Å². The van der Waals surface area contributed by atoms with E-state index in [2.05, 4.69) is 11.9 Å². The Labute approximate surface area is 187 Å². The van der Waals surface area contributed by atoms with E-state index in [0.717, 1.165) is 0 Å². The van der Waals surface area contributed by atoms with Crippen molar-refractivity contribution < 1.29 is 17.9 Å². The van der Waals surface area contributed by atoms with Gasteiger partial charge in [-0.15, -0.1) is 6.58 Å². The number of ether oxygens (including phenoxy) is 1. The predicted molar refractivity (Wildman–Crippen MR) is 127 cm³/mol. The molecule has 1 aliphatic rings. The Kier molecular flexibility index (Phi) is 5.83. The van der Waals surface area contributed by atoms with E-state index in [1.165, 1.54) is 10.4 Å². The normalized spacial score (nSPS) is 14.5. The lowest BCUT2D eigenvalue weighted by atomic mass is 9.95. The van der Waals surface area contributed by atoms with E-state index < -0.39 is 15.9 Å². The Morgan fingerprint density at radius 2 is 1.66 bits per heavy atom. The number of hydrogen-bond acceptors (Lipinski definition) is 4. The minimum Gasteiger partial charge on any atom is -0.497 e. The number of benzene rings is 3. The maximum atomic E-state index is 13.7. The highest BCUT2D eigenvalue weighted by atomic mass is 32.2. The average molecular weight is 447 g/mol. The number of carbonyl (C=O) groups is 1. The molecule has 7 heteroatoms. The van der Waals surface area contributed by atoms with Gasteiger partial charge in [0.15, 0.2) is 4.91 Å². The predicted octanol–water partition coefficient (Wildman–Crippen LogP) is 4.43. The third kappa shape index (κ3) is 3.78. The summed E-state index contributed by atoms with van der Waals surface area (Å²) in [6.45, 7) is 3.73. The number of nitrogens with zero attached hydrogens (tertiary/aromatic N) is 1. The fraction of sp³-hybridized carbons (Fsp3) is 0.0800. The van der Waals surface area contributed by atoms with E-state index in [1.54, 1.807) is 55.6 Å². The van der Waals surface area contributed by atoms with Gasteiger partial charge in [0.2, 0.25) is 0 Å². The van der Waals surface area contributed by atoms with Gasteiger partial charge < -0.3 is 10.1 Å². The van der Waals surface area contributed by atoms with Crippen molar-refractivity contribution in [2.45, 2.75) is 0 Å². The van der Waals surface area contributed by atoms with E-state index in [4.69, 9.17) is 4.74 Å². The number of nitrogens with one attached hydrogen (secondary N) is 1. The van der Waals surface area contributed by atoms with Gasteiger partial charge >= 0.3 is 0 Å². The van der Waals surface area contributed by atoms with E-state index in [9.17, 15) is 13.2 Å². The number of sulfonamides is 1. The number of anilines is 2. The van der Waals surface area contributed by atoms with Crippen LogP contribution in [0.3, 0.4) is 0 Å². The quantitative estimate of drug-likeness (QED) is 0.569. The van der Waals surface area contributed by atoms with Crippen LogP contribution in [0, 0.1) is 0 Å². The molecule has 1 heterocycles. The summed E-state index contributed by atoms with van der Waals surface area (Å²) in [6, 6.07) is 22.9. The highest BCUT2D eigenvalue weighted by molar-refractivity contribution is 7.97. The van der Waals surface area contributed by atoms with Gasteiger partial charge in [-0.1, -0.05) is 54.6 Å². The van der Waals surface area contributed by atoms with E-state index in [-0.39, 0.29) is 11.4 Å². The molecular weight excluding hydrogens is 424 g/mol. The lowest BCUT2D eigenvalue weighted by Crippen LogP contribution is -2.39. The summed E-state index contributed by atoms with van der Waals surface area (Å²) in [6.07, 6.45) is 1.50. The van der Waals surface area contributed by atoms with Crippen molar-refractivity contribution in [1.29, 1.82) is 0 Å². The van der Waals surface area contributed by atoms with Crippen molar-refractivity contribution >= 4 is 32.9 Å². The van der Waals surface area contributed by atoms with Crippen LogP contribution in [-0.2, 0) is 14.8 Å². The monoisotopic (exact) mass is 446 g/mol. The molecule has 1 amide bonds. The third-order valence-corrected chi connectivity index (χ3v) is 6.96. The molecule has 1 aliphatic heterocycles. The molecule has 0 saturated carbocycles. The molecule has 3 aromatic carbocycles. The smallest absolute Gasteiger partial charge is 0.270 e. The summed E-state index contributed by atoms with van der Waals surface area (Å²) in [5, 5.41) is 2.73. The number of hydrogen-bond donors (Lipinski definition) is 1. The molecule has 32 heavy (non-hydrogen) atoms. The Morgan fingerprint density at radius 3 is 2.31 bits per heavy atom. The Hall–Kier alpha value is -3.84. The fourth-order valence-electron chi connectivity index (χ4n) is 3.69. The summed E-state index contributed by atoms with van der Waals surface area (Å²) in [5.41, 5.74) is 2.64. The second-order valence-electron chi connectivity index (χ2n) is 7.09. The van der Waals surface area contributed by atoms with E-state index >= 15 is 0 Å². The molecule has 0 unspecified atom stereocenters. The summed E-state index contributed by atoms with van der Waals surface area (Å²) in [4.78, 5) is 13.1. The van der Waals surface area contributed by atoms with Crippen molar-refractivity contribution in [3.05, 3.63) is 108 Å². The Bertz CT molecular complexity index is 1300. The van der Waals surface area contributed by atoms with Gasteiger partial charge in [-0.05, 0) is 35.9 Å². The van der Waals surface area contributed by atoms with Gasteiger partial charge in [0.1, 0.15) is 5.75 Å². The number of amides is 1. The van der Waals surface area contributed by atoms with Gasteiger partial charge in [0.25, 0.3) is 15.9 Å². The molecule has 0 atom stereocenters. The molecule has 0 saturated heterocycles. The van der Waals surface area contributed by atoms with Gasteiger partial charge in [0.05, 0.1) is 19.3 Å². The molecule has 1 N–H and O–H groups in total. The third-order valence-electron chi connectivity index (χ3n) is 5.13. The molecule has 6 nitrogen and oxygen atoms in total. The minimum absolute atomic E-state index is 0.0424. The summed E-state index contributed by atoms with van der Waals surface area (Å²) < 4.78 is 33.8. The molecule has 4 rings (SSSR count). The molecule has 0 radical (unpaired) electrons. The lowest BCUT2D eigenvalue weighted by molar-refractivity contribution is -0.112. The number of methoxy groups -OCH3 is 1. The molecule has 0 aromatic heterocycles. The minimum atomic E-state index is -4.16. The van der Waals surface area contributed by atoms with Crippen molar-refractivity contribution in [3.63, 3.8) is 0 Å². The van der Waals surface area contributed by atoms with Gasteiger partial charge in [0, 0.05) is 16.8 Å². The van der Waals surface area contributed by atoms with E-state index in [0.29, 0.717) is 33.8 Å². The van der Waals surface area contributed by atoms with Crippen LogP contribution >= 0.6 is 0 Å². The van der Waals surface area contributed by atoms with Crippen LogP contribution in [0.25, 0.3) is 5.57 Å².